The van der Waals surface area contributed by atoms with Crippen LogP contribution in [-0.4, -0.2) is 21.8 Å². The predicted octanol–water partition coefficient (Wildman–Crippen LogP) is 1.97. The molecule has 0 spiro atoms. The monoisotopic (exact) mass is 271 g/mol. The van der Waals surface area contributed by atoms with Gasteiger partial charge in [-0.15, -0.1) is 0 Å². The molecule has 1 heterocycles. The number of aromatic amines is 1. The molecule has 0 aliphatic carbocycles. The Hall–Kier alpha value is -1.79. The van der Waals surface area contributed by atoms with Crippen LogP contribution < -0.4 is 11.1 Å². The Balaban J connectivity index is 2.89. The lowest BCUT2D eigenvalue weighted by Gasteiger charge is -2.30. The predicted molar refractivity (Wildman–Crippen MR) is 68.7 cm³/mol. The van der Waals surface area contributed by atoms with Gasteiger partial charge in [0.15, 0.2) is 5.82 Å². The van der Waals surface area contributed by atoms with Crippen LogP contribution in [0.1, 0.15) is 53.4 Å². The Morgan fingerprint density at radius 2 is 1.89 bits per heavy atom. The Morgan fingerprint density at radius 1 is 1.32 bits per heavy atom. The van der Waals surface area contributed by atoms with E-state index in [-0.39, 0.29) is 11.2 Å². The second-order valence-electron chi connectivity index (χ2n) is 6.43. The number of carbonyl (C=O) groups is 1. The first kappa shape index (κ1) is 15.3. The first-order valence-corrected chi connectivity index (χ1v) is 6.04. The lowest BCUT2D eigenvalue weighted by atomic mass is 9.86. The van der Waals surface area contributed by atoms with E-state index in [4.69, 9.17) is 4.74 Å². The molecular weight excluding hydrogens is 250 g/mol. The van der Waals surface area contributed by atoms with Crippen LogP contribution in [0.25, 0.3) is 0 Å². The molecule has 2 N–H and O–H groups in total. The quantitative estimate of drug-likeness (QED) is 0.857. The van der Waals surface area contributed by atoms with E-state index in [1.165, 1.54) is 0 Å². The van der Waals surface area contributed by atoms with Gasteiger partial charge in [-0.3, -0.25) is 9.51 Å². The standard InChI is InChI=1S/C12H21N3O4/c1-11(2,3)7(8-14-10(17)19-15-8)13-9(16)18-12(4,5)6/h7H,1-6H3,(H,13,16)(H,14,15,17). The molecule has 7 heteroatoms. The first-order valence-electron chi connectivity index (χ1n) is 6.04. The highest BCUT2D eigenvalue weighted by Gasteiger charge is 2.32. The third kappa shape index (κ3) is 4.76. The van der Waals surface area contributed by atoms with E-state index < -0.39 is 23.5 Å². The van der Waals surface area contributed by atoms with E-state index in [9.17, 15) is 9.59 Å². The summed E-state index contributed by atoms with van der Waals surface area (Å²) < 4.78 is 9.66. The van der Waals surface area contributed by atoms with Gasteiger partial charge in [0.1, 0.15) is 5.60 Å². The molecule has 108 valence electrons. The van der Waals surface area contributed by atoms with Crippen molar-refractivity contribution in [1.82, 2.24) is 15.5 Å². The molecule has 1 rings (SSSR count). The Morgan fingerprint density at radius 3 is 2.26 bits per heavy atom. The fraction of sp³-hybridized carbons (Fsp3) is 0.750. The van der Waals surface area contributed by atoms with Gasteiger partial charge in [0.25, 0.3) is 0 Å². The number of hydrogen-bond acceptors (Lipinski definition) is 5. The number of ether oxygens (including phenoxy) is 1. The van der Waals surface area contributed by atoms with Crippen LogP contribution in [0, 0.1) is 5.41 Å². The van der Waals surface area contributed by atoms with Crippen molar-refractivity contribution in [2.45, 2.75) is 53.2 Å². The average molecular weight is 271 g/mol. The number of nitrogens with one attached hydrogen (secondary N) is 2. The molecule has 0 saturated carbocycles. The molecule has 1 unspecified atom stereocenters. The number of aromatic nitrogens is 2. The van der Waals surface area contributed by atoms with Crippen molar-refractivity contribution in [3.63, 3.8) is 0 Å². The molecule has 0 bridgehead atoms. The summed E-state index contributed by atoms with van der Waals surface area (Å²) in [5.41, 5.74) is -0.958. The van der Waals surface area contributed by atoms with Crippen molar-refractivity contribution >= 4 is 6.09 Å². The zero-order valence-corrected chi connectivity index (χ0v) is 12.2. The molecule has 7 nitrogen and oxygen atoms in total. The van der Waals surface area contributed by atoms with Gasteiger partial charge in [0, 0.05) is 0 Å². The number of amides is 1. The second kappa shape index (κ2) is 5.07. The minimum atomic E-state index is -0.657. The van der Waals surface area contributed by atoms with Crippen LogP contribution in [0.2, 0.25) is 0 Å². The molecule has 0 aliphatic rings. The van der Waals surface area contributed by atoms with Gasteiger partial charge >= 0.3 is 11.8 Å². The third-order valence-electron chi connectivity index (χ3n) is 2.26. The van der Waals surface area contributed by atoms with Gasteiger partial charge in [-0.1, -0.05) is 25.9 Å². The smallest absolute Gasteiger partial charge is 0.438 e. The van der Waals surface area contributed by atoms with Crippen molar-refractivity contribution in [3.8, 4) is 0 Å². The number of H-pyrrole nitrogens is 1. The van der Waals surface area contributed by atoms with Crippen LogP contribution in [0.3, 0.4) is 0 Å². The summed E-state index contributed by atoms with van der Waals surface area (Å²) in [5, 5.41) is 6.31. The van der Waals surface area contributed by atoms with Gasteiger partial charge in [0.05, 0.1) is 6.04 Å². The van der Waals surface area contributed by atoms with Gasteiger partial charge in [0.2, 0.25) is 0 Å². The van der Waals surface area contributed by atoms with E-state index >= 15 is 0 Å². The zero-order valence-electron chi connectivity index (χ0n) is 12.2. The number of alkyl carbamates (subject to hydrolysis) is 1. The zero-order chi connectivity index (χ0) is 14.8. The Bertz CT molecular complexity index is 490. The topological polar surface area (TPSA) is 97.2 Å². The third-order valence-corrected chi connectivity index (χ3v) is 2.26. The molecule has 1 amide bonds. The molecule has 0 fully saturated rings. The summed E-state index contributed by atoms with van der Waals surface area (Å²) in [7, 11) is 0. The molecular formula is C12H21N3O4. The molecule has 1 aromatic heterocycles. The van der Waals surface area contributed by atoms with Crippen LogP contribution >= 0.6 is 0 Å². The van der Waals surface area contributed by atoms with Crippen LogP contribution in [0.15, 0.2) is 9.32 Å². The van der Waals surface area contributed by atoms with Crippen molar-refractivity contribution in [2.24, 2.45) is 5.41 Å². The molecule has 0 saturated heterocycles. The first-order chi connectivity index (χ1) is 8.49. The lowest BCUT2D eigenvalue weighted by molar-refractivity contribution is 0.0457. The molecule has 1 atom stereocenters. The minimum Gasteiger partial charge on any atom is -0.444 e. The van der Waals surface area contributed by atoms with Crippen molar-refractivity contribution in [1.29, 1.82) is 0 Å². The fourth-order valence-electron chi connectivity index (χ4n) is 1.49. The number of hydrogen-bond donors (Lipinski definition) is 2. The SMILES string of the molecule is CC(C)(C)OC(=O)NC(c1noc(=O)[nH]1)C(C)(C)C. The van der Waals surface area contributed by atoms with E-state index in [1.54, 1.807) is 20.8 Å². The highest BCUT2D eigenvalue weighted by molar-refractivity contribution is 5.68. The van der Waals surface area contributed by atoms with Crippen LogP contribution in [0.5, 0.6) is 0 Å². The highest BCUT2D eigenvalue weighted by atomic mass is 16.6. The second-order valence-corrected chi connectivity index (χ2v) is 6.43. The summed E-state index contributed by atoms with van der Waals surface area (Å²) >= 11 is 0. The van der Waals surface area contributed by atoms with Gasteiger partial charge in [-0.25, -0.2) is 9.59 Å². The molecule has 0 aliphatic heterocycles. The van der Waals surface area contributed by atoms with Gasteiger partial charge in [-0.2, -0.15) is 0 Å². The molecule has 1 aromatic rings. The highest BCUT2D eigenvalue weighted by Crippen LogP contribution is 2.30. The molecule has 0 radical (unpaired) electrons. The largest absolute Gasteiger partial charge is 0.444 e. The van der Waals surface area contributed by atoms with Gasteiger partial charge in [-0.05, 0) is 26.2 Å². The fourth-order valence-corrected chi connectivity index (χ4v) is 1.49. The van der Waals surface area contributed by atoms with E-state index in [2.05, 4.69) is 20.0 Å². The summed E-state index contributed by atoms with van der Waals surface area (Å²) in [6.07, 6.45) is -0.573. The summed E-state index contributed by atoms with van der Waals surface area (Å²) in [6.45, 7) is 11.0. The summed E-state index contributed by atoms with van der Waals surface area (Å²) in [5.74, 6) is -0.390. The van der Waals surface area contributed by atoms with E-state index in [0.29, 0.717) is 0 Å². The molecule has 0 aromatic carbocycles. The Kier molecular flexibility index (Phi) is 4.07. The molecule has 19 heavy (non-hydrogen) atoms. The number of rotatable bonds is 2. The normalized spacial score (nSPS) is 14.0. The van der Waals surface area contributed by atoms with Crippen LogP contribution in [0.4, 0.5) is 4.79 Å². The van der Waals surface area contributed by atoms with Crippen molar-refractivity contribution < 1.29 is 14.1 Å². The maximum absolute atomic E-state index is 11.8. The van der Waals surface area contributed by atoms with Gasteiger partial charge < -0.3 is 10.1 Å². The summed E-state index contributed by atoms with van der Waals surface area (Å²) in [4.78, 5) is 25.3. The minimum absolute atomic E-state index is 0.267. The number of carbonyl (C=O) groups excluding carboxylic acids is 1. The van der Waals surface area contributed by atoms with E-state index in [1.807, 2.05) is 20.8 Å². The lowest BCUT2D eigenvalue weighted by Crippen LogP contribution is -2.40. The van der Waals surface area contributed by atoms with Crippen LogP contribution in [-0.2, 0) is 4.74 Å². The van der Waals surface area contributed by atoms with Crippen molar-refractivity contribution in [2.75, 3.05) is 0 Å². The average Bonchev–Trinajstić information content (AvgIpc) is 2.56. The Labute approximate surface area is 111 Å². The van der Waals surface area contributed by atoms with Crippen molar-refractivity contribution in [3.05, 3.63) is 16.4 Å². The van der Waals surface area contributed by atoms with E-state index in [0.717, 1.165) is 0 Å². The summed E-state index contributed by atoms with van der Waals surface area (Å²) in [6, 6.07) is -0.520. The maximum atomic E-state index is 11.8. The number of nitrogens with zero attached hydrogens (tertiary/aromatic N) is 1. The maximum Gasteiger partial charge on any atom is 0.438 e.